The van der Waals surface area contributed by atoms with Crippen LogP contribution in [0.15, 0.2) is 66.9 Å². The fraction of sp³-hybridized carbons (Fsp3) is 0.296. The summed E-state index contributed by atoms with van der Waals surface area (Å²) in [6.45, 7) is 6.41. The number of pyridine rings is 1. The first-order chi connectivity index (χ1) is 16.5. The minimum atomic E-state index is -0.230. The fourth-order valence-corrected chi connectivity index (χ4v) is 4.56. The number of nitrogens with one attached hydrogen (secondary N) is 1. The van der Waals surface area contributed by atoms with E-state index in [0.717, 1.165) is 41.8 Å². The Morgan fingerprint density at radius 1 is 1.15 bits per heavy atom. The summed E-state index contributed by atoms with van der Waals surface area (Å²) >= 11 is 0. The number of anilines is 1. The second kappa shape index (κ2) is 9.25. The summed E-state index contributed by atoms with van der Waals surface area (Å²) in [6, 6.07) is 18.5. The maximum Gasteiger partial charge on any atom is 0.252 e. The zero-order chi connectivity index (χ0) is 23.7. The average molecular weight is 458 g/mol. The number of aromatic nitrogens is 3. The van der Waals surface area contributed by atoms with E-state index >= 15 is 0 Å². The number of carbonyl (C=O) groups excluding carboxylic acids is 1. The predicted molar refractivity (Wildman–Crippen MR) is 132 cm³/mol. The molecule has 0 spiro atoms. The van der Waals surface area contributed by atoms with E-state index < -0.39 is 0 Å². The normalized spacial score (nSPS) is 15.9. The van der Waals surface area contributed by atoms with Crippen molar-refractivity contribution in [2.75, 3.05) is 24.5 Å². The Hall–Kier alpha value is -3.74. The molecule has 1 unspecified atom stereocenters. The molecule has 0 saturated carbocycles. The zero-order valence-electron chi connectivity index (χ0n) is 19.4. The van der Waals surface area contributed by atoms with Gasteiger partial charge in [0.25, 0.3) is 5.91 Å². The van der Waals surface area contributed by atoms with E-state index in [1.807, 2.05) is 53.2 Å². The van der Waals surface area contributed by atoms with Gasteiger partial charge in [0, 0.05) is 36.9 Å². The Labute approximate surface area is 198 Å². The second-order valence-corrected chi connectivity index (χ2v) is 9.13. The lowest BCUT2D eigenvalue weighted by molar-refractivity contribution is 0.0950. The summed E-state index contributed by atoms with van der Waals surface area (Å²) in [5, 5.41) is 8.40. The van der Waals surface area contributed by atoms with Gasteiger partial charge in [-0.15, -0.1) is 0 Å². The lowest BCUT2D eigenvalue weighted by atomic mass is 10.1. The van der Waals surface area contributed by atoms with E-state index in [2.05, 4.69) is 29.2 Å². The van der Waals surface area contributed by atoms with Gasteiger partial charge in [-0.3, -0.25) is 4.79 Å². The van der Waals surface area contributed by atoms with Gasteiger partial charge in [0.05, 0.1) is 22.8 Å². The number of carbonyl (C=O) groups is 1. The number of amides is 1. The van der Waals surface area contributed by atoms with Gasteiger partial charge in [-0.25, -0.2) is 14.1 Å². The van der Waals surface area contributed by atoms with Crippen LogP contribution in [0.3, 0.4) is 0 Å². The van der Waals surface area contributed by atoms with Crippen LogP contribution >= 0.6 is 0 Å². The molecule has 1 saturated heterocycles. The standard InChI is InChI=1S/C27H28FN5O/c1-18(2)33-26-24(16-30-33)23(14-25(31-26)20-6-4-3-5-7-20)27(34)29-15-19-12-13-32(17-19)22-10-8-21(28)9-11-22/h3-11,14,16,18-19H,12-13,15,17H2,1-2H3,(H,29,34). The summed E-state index contributed by atoms with van der Waals surface area (Å²) in [4.78, 5) is 20.4. The van der Waals surface area contributed by atoms with Gasteiger partial charge in [-0.2, -0.15) is 5.10 Å². The number of nitrogens with zero attached hydrogens (tertiary/aromatic N) is 4. The molecular weight excluding hydrogens is 429 g/mol. The van der Waals surface area contributed by atoms with Crippen LogP contribution in [-0.2, 0) is 0 Å². The van der Waals surface area contributed by atoms with Crippen LogP contribution in [0.25, 0.3) is 22.3 Å². The summed E-state index contributed by atoms with van der Waals surface area (Å²) in [5.41, 5.74) is 4.03. The lowest BCUT2D eigenvalue weighted by Gasteiger charge is -2.19. The second-order valence-electron chi connectivity index (χ2n) is 9.13. The molecule has 7 heteroatoms. The Morgan fingerprint density at radius 2 is 1.91 bits per heavy atom. The van der Waals surface area contributed by atoms with Gasteiger partial charge in [0.2, 0.25) is 0 Å². The first kappa shape index (κ1) is 22.1. The Balaban J connectivity index is 1.36. The van der Waals surface area contributed by atoms with E-state index in [-0.39, 0.29) is 17.8 Å². The molecule has 1 N–H and O–H groups in total. The zero-order valence-corrected chi connectivity index (χ0v) is 19.4. The third-order valence-corrected chi connectivity index (χ3v) is 6.40. The van der Waals surface area contributed by atoms with E-state index in [1.165, 1.54) is 12.1 Å². The molecule has 0 aliphatic carbocycles. The van der Waals surface area contributed by atoms with E-state index in [9.17, 15) is 9.18 Å². The molecule has 0 bridgehead atoms. The van der Waals surface area contributed by atoms with Gasteiger partial charge >= 0.3 is 0 Å². The topological polar surface area (TPSA) is 63.1 Å². The smallest absolute Gasteiger partial charge is 0.252 e. The molecule has 1 amide bonds. The van der Waals surface area contributed by atoms with Crippen molar-refractivity contribution in [1.82, 2.24) is 20.1 Å². The predicted octanol–water partition coefficient (Wildman–Crippen LogP) is 5.07. The number of halogens is 1. The van der Waals surface area contributed by atoms with Crippen molar-refractivity contribution < 1.29 is 9.18 Å². The quantitative estimate of drug-likeness (QED) is 0.439. The highest BCUT2D eigenvalue weighted by molar-refractivity contribution is 6.06. The Morgan fingerprint density at radius 3 is 2.65 bits per heavy atom. The number of fused-ring (bicyclic) bond motifs is 1. The molecule has 5 rings (SSSR count). The monoisotopic (exact) mass is 457 g/mol. The van der Waals surface area contributed by atoms with Crippen molar-refractivity contribution in [3.63, 3.8) is 0 Å². The van der Waals surface area contributed by atoms with Gasteiger partial charge in [0.15, 0.2) is 5.65 Å². The number of rotatable bonds is 6. The molecule has 4 aromatic rings. The van der Waals surface area contributed by atoms with Crippen molar-refractivity contribution in [1.29, 1.82) is 0 Å². The molecular formula is C27H28FN5O. The molecule has 2 aromatic heterocycles. The summed E-state index contributed by atoms with van der Waals surface area (Å²) in [6.07, 6.45) is 2.71. The highest BCUT2D eigenvalue weighted by Crippen LogP contribution is 2.27. The molecule has 0 radical (unpaired) electrons. The molecule has 1 aliphatic heterocycles. The highest BCUT2D eigenvalue weighted by atomic mass is 19.1. The SMILES string of the molecule is CC(C)n1ncc2c(C(=O)NCC3CCN(c4ccc(F)cc4)C3)cc(-c3ccccc3)nc21. The lowest BCUT2D eigenvalue weighted by Crippen LogP contribution is -2.31. The number of hydrogen-bond donors (Lipinski definition) is 1. The molecule has 3 heterocycles. The first-order valence-corrected chi connectivity index (χ1v) is 11.7. The van der Waals surface area contributed by atoms with Crippen LogP contribution < -0.4 is 10.2 Å². The summed E-state index contributed by atoms with van der Waals surface area (Å²) in [5.74, 6) is -0.0162. The minimum absolute atomic E-state index is 0.117. The van der Waals surface area contributed by atoms with Crippen LogP contribution in [0.1, 0.15) is 36.7 Å². The molecule has 1 atom stereocenters. The van der Waals surface area contributed by atoms with Gasteiger partial charge in [0.1, 0.15) is 5.82 Å². The molecule has 6 nitrogen and oxygen atoms in total. The van der Waals surface area contributed by atoms with Crippen molar-refractivity contribution in [2.24, 2.45) is 5.92 Å². The number of hydrogen-bond acceptors (Lipinski definition) is 4. The Kier molecular flexibility index (Phi) is 6.01. The third-order valence-electron chi connectivity index (χ3n) is 6.40. The molecule has 1 aliphatic rings. The van der Waals surface area contributed by atoms with Gasteiger partial charge in [-0.1, -0.05) is 30.3 Å². The maximum atomic E-state index is 13.3. The van der Waals surface area contributed by atoms with Crippen LogP contribution in [0.5, 0.6) is 0 Å². The van der Waals surface area contributed by atoms with Crippen molar-refractivity contribution >= 4 is 22.6 Å². The maximum absolute atomic E-state index is 13.3. The van der Waals surface area contributed by atoms with E-state index in [4.69, 9.17) is 4.98 Å². The Bertz CT molecular complexity index is 1300. The van der Waals surface area contributed by atoms with E-state index in [1.54, 1.807) is 6.20 Å². The largest absolute Gasteiger partial charge is 0.371 e. The molecule has 34 heavy (non-hydrogen) atoms. The van der Waals surface area contributed by atoms with Crippen molar-refractivity contribution in [3.05, 3.63) is 78.2 Å². The third kappa shape index (κ3) is 4.38. The van der Waals surface area contributed by atoms with Crippen LogP contribution in [0.4, 0.5) is 10.1 Å². The first-order valence-electron chi connectivity index (χ1n) is 11.7. The van der Waals surface area contributed by atoms with Crippen molar-refractivity contribution in [3.8, 4) is 11.3 Å². The summed E-state index contributed by atoms with van der Waals surface area (Å²) in [7, 11) is 0. The van der Waals surface area contributed by atoms with Crippen molar-refractivity contribution in [2.45, 2.75) is 26.3 Å². The van der Waals surface area contributed by atoms with Gasteiger partial charge < -0.3 is 10.2 Å². The fourth-order valence-electron chi connectivity index (χ4n) is 4.56. The van der Waals surface area contributed by atoms with Gasteiger partial charge in [-0.05, 0) is 56.5 Å². The highest BCUT2D eigenvalue weighted by Gasteiger charge is 2.24. The number of benzene rings is 2. The molecule has 174 valence electrons. The molecule has 1 fully saturated rings. The van der Waals surface area contributed by atoms with Crippen LogP contribution in [0.2, 0.25) is 0 Å². The minimum Gasteiger partial charge on any atom is -0.371 e. The molecule has 2 aromatic carbocycles. The van der Waals surface area contributed by atoms with Crippen LogP contribution in [-0.4, -0.2) is 40.3 Å². The van der Waals surface area contributed by atoms with Crippen LogP contribution in [0, 0.1) is 11.7 Å². The van der Waals surface area contributed by atoms with E-state index in [0.29, 0.717) is 23.7 Å². The average Bonchev–Trinajstić information content (AvgIpc) is 3.50. The summed E-state index contributed by atoms with van der Waals surface area (Å²) < 4.78 is 15.1.